The number of H-pyrrole nitrogens is 1. The van der Waals surface area contributed by atoms with E-state index in [0.717, 1.165) is 53.8 Å². The number of likely N-dealkylation sites (N-methyl/N-ethyl adjacent to an activating group) is 2. The second-order valence-electron chi connectivity index (χ2n) is 9.34. The van der Waals surface area contributed by atoms with Crippen LogP contribution in [0.2, 0.25) is 5.02 Å². The maximum absolute atomic E-state index is 13.7. The lowest BCUT2D eigenvalue weighted by Crippen LogP contribution is -2.64. The molecule has 0 radical (unpaired) electrons. The SMILES string of the molecule is CN1CCc2nc(C(=O)N(C)C3CCCCC3(N)C(=O)c3cc4cc(Cl)ccc4[nH]3)sc2C1. The highest BCUT2D eigenvalue weighted by atomic mass is 35.5. The van der Waals surface area contributed by atoms with E-state index in [0.29, 0.717) is 28.6 Å². The average molecular weight is 486 g/mol. The maximum atomic E-state index is 13.7. The van der Waals surface area contributed by atoms with Crippen molar-refractivity contribution in [2.75, 3.05) is 20.6 Å². The van der Waals surface area contributed by atoms with Crippen LogP contribution < -0.4 is 5.73 Å². The number of carbonyl (C=O) groups excluding carboxylic acids is 2. The number of nitrogens with zero attached hydrogens (tertiary/aromatic N) is 3. The normalized spacial score (nSPS) is 23.5. The van der Waals surface area contributed by atoms with Gasteiger partial charge in [-0.05, 0) is 44.2 Å². The number of aromatic nitrogens is 2. The fraction of sp³-hybridized carbons (Fsp3) is 0.458. The van der Waals surface area contributed by atoms with Crippen molar-refractivity contribution in [3.05, 3.63) is 50.6 Å². The summed E-state index contributed by atoms with van der Waals surface area (Å²) in [7, 11) is 3.83. The summed E-state index contributed by atoms with van der Waals surface area (Å²) in [5.41, 5.74) is 8.00. The Morgan fingerprint density at radius 3 is 2.97 bits per heavy atom. The number of benzene rings is 1. The third-order valence-corrected chi connectivity index (χ3v) is 8.36. The number of hydrogen-bond acceptors (Lipinski definition) is 6. The Morgan fingerprint density at radius 2 is 2.15 bits per heavy atom. The van der Waals surface area contributed by atoms with Crippen molar-refractivity contribution in [3.63, 3.8) is 0 Å². The summed E-state index contributed by atoms with van der Waals surface area (Å²) in [4.78, 5) is 40.0. The zero-order valence-electron chi connectivity index (χ0n) is 18.9. The van der Waals surface area contributed by atoms with Crippen LogP contribution in [0, 0.1) is 0 Å². The Labute approximate surface area is 201 Å². The van der Waals surface area contributed by atoms with E-state index >= 15 is 0 Å². The van der Waals surface area contributed by atoms with Crippen molar-refractivity contribution < 1.29 is 9.59 Å². The molecular formula is C24H28ClN5O2S. The van der Waals surface area contributed by atoms with Crippen LogP contribution in [0.5, 0.6) is 0 Å². The number of thiazole rings is 1. The largest absolute Gasteiger partial charge is 0.352 e. The molecule has 2 aromatic heterocycles. The molecule has 0 saturated heterocycles. The first-order chi connectivity index (χ1) is 15.8. The molecule has 174 valence electrons. The molecule has 3 aromatic rings. The van der Waals surface area contributed by atoms with Crippen molar-refractivity contribution >= 4 is 45.5 Å². The zero-order chi connectivity index (χ0) is 23.3. The van der Waals surface area contributed by atoms with Crippen molar-refractivity contribution in [1.82, 2.24) is 19.8 Å². The molecule has 3 N–H and O–H groups in total. The molecule has 5 rings (SSSR count). The van der Waals surface area contributed by atoms with Gasteiger partial charge in [0.1, 0.15) is 5.54 Å². The number of amides is 1. The Balaban J connectivity index is 1.43. The minimum Gasteiger partial charge on any atom is -0.352 e. The lowest BCUT2D eigenvalue weighted by molar-refractivity contribution is 0.0502. The number of halogens is 1. The van der Waals surface area contributed by atoms with Crippen LogP contribution in [0.25, 0.3) is 10.9 Å². The van der Waals surface area contributed by atoms with Gasteiger partial charge in [-0.1, -0.05) is 24.4 Å². The van der Waals surface area contributed by atoms with E-state index in [9.17, 15) is 9.59 Å². The van der Waals surface area contributed by atoms with Crippen molar-refractivity contribution in [1.29, 1.82) is 0 Å². The highest BCUT2D eigenvalue weighted by molar-refractivity contribution is 7.13. The summed E-state index contributed by atoms with van der Waals surface area (Å²) in [6.07, 6.45) is 3.85. The molecule has 9 heteroatoms. The zero-order valence-corrected chi connectivity index (χ0v) is 20.4. The lowest BCUT2D eigenvalue weighted by Gasteiger charge is -2.44. The van der Waals surface area contributed by atoms with E-state index < -0.39 is 11.6 Å². The molecule has 3 heterocycles. The van der Waals surface area contributed by atoms with Crippen LogP contribution in [0.1, 0.15) is 56.5 Å². The standard InChI is InChI=1S/C24H28ClN5O2S/c1-29-10-8-17-19(13-29)33-22(28-17)23(32)30(2)20-5-3-4-9-24(20,26)21(31)18-12-14-11-15(25)6-7-16(14)27-18/h6-7,11-12,20,27H,3-5,8-10,13,26H2,1-2H3. The Kier molecular flexibility index (Phi) is 5.81. The minimum absolute atomic E-state index is 0.157. The number of nitrogens with two attached hydrogens (primary N) is 1. The molecule has 2 aliphatic rings. The number of rotatable bonds is 4. The quantitative estimate of drug-likeness (QED) is 0.547. The Hall–Kier alpha value is -2.26. The van der Waals surface area contributed by atoms with Crippen molar-refractivity contribution in [2.24, 2.45) is 5.73 Å². The molecule has 2 unspecified atom stereocenters. The van der Waals surface area contributed by atoms with Crippen LogP contribution in [-0.4, -0.2) is 63.7 Å². The van der Waals surface area contributed by atoms with Gasteiger partial charge in [0, 0.05) is 47.4 Å². The fourth-order valence-electron chi connectivity index (χ4n) is 5.17. The fourth-order valence-corrected chi connectivity index (χ4v) is 6.52. The smallest absolute Gasteiger partial charge is 0.282 e. The number of aromatic amines is 1. The summed E-state index contributed by atoms with van der Waals surface area (Å²) in [6, 6.07) is 6.87. The van der Waals surface area contributed by atoms with Crippen molar-refractivity contribution in [3.8, 4) is 0 Å². The number of Topliss-reactive ketones (excluding diaryl/α,β-unsaturated/α-hetero) is 1. The van der Waals surface area contributed by atoms with Crippen LogP contribution in [0.3, 0.4) is 0 Å². The molecule has 1 fully saturated rings. The van der Waals surface area contributed by atoms with Gasteiger partial charge in [0.05, 0.1) is 17.4 Å². The summed E-state index contributed by atoms with van der Waals surface area (Å²) in [5.74, 6) is -0.325. The van der Waals surface area contributed by atoms with E-state index in [2.05, 4.69) is 21.9 Å². The monoisotopic (exact) mass is 485 g/mol. The van der Waals surface area contributed by atoms with Gasteiger partial charge in [0.25, 0.3) is 5.91 Å². The number of nitrogens with one attached hydrogen (secondary N) is 1. The molecule has 1 aliphatic carbocycles. The van der Waals surface area contributed by atoms with Gasteiger partial charge >= 0.3 is 0 Å². The highest BCUT2D eigenvalue weighted by Gasteiger charge is 2.48. The Morgan fingerprint density at radius 1 is 1.33 bits per heavy atom. The topological polar surface area (TPSA) is 95.3 Å². The molecule has 2 atom stereocenters. The van der Waals surface area contributed by atoms with Gasteiger partial charge in [-0.25, -0.2) is 4.98 Å². The van der Waals surface area contributed by atoms with E-state index in [1.54, 1.807) is 24.1 Å². The summed E-state index contributed by atoms with van der Waals surface area (Å²) >= 11 is 7.57. The third-order valence-electron chi connectivity index (χ3n) is 7.06. The number of hydrogen-bond donors (Lipinski definition) is 2. The number of carbonyl (C=O) groups is 2. The Bertz CT molecular complexity index is 1240. The maximum Gasteiger partial charge on any atom is 0.282 e. The highest BCUT2D eigenvalue weighted by Crippen LogP contribution is 2.35. The molecule has 1 aromatic carbocycles. The molecule has 1 aliphatic heterocycles. The molecular weight excluding hydrogens is 458 g/mol. The van der Waals surface area contributed by atoms with Gasteiger partial charge in [-0.2, -0.15) is 0 Å². The van der Waals surface area contributed by atoms with E-state index in [1.807, 2.05) is 12.1 Å². The minimum atomic E-state index is -1.16. The van der Waals surface area contributed by atoms with Gasteiger partial charge in [0.2, 0.25) is 5.78 Å². The molecule has 0 bridgehead atoms. The van der Waals surface area contributed by atoms with Gasteiger partial charge in [0.15, 0.2) is 5.01 Å². The van der Waals surface area contributed by atoms with Crippen LogP contribution in [0.15, 0.2) is 24.3 Å². The van der Waals surface area contributed by atoms with E-state index in [-0.39, 0.29) is 11.7 Å². The first-order valence-corrected chi connectivity index (χ1v) is 12.5. The summed E-state index contributed by atoms with van der Waals surface area (Å²) in [6.45, 7) is 1.76. The summed E-state index contributed by atoms with van der Waals surface area (Å²) < 4.78 is 0. The van der Waals surface area contributed by atoms with Gasteiger partial charge in [-0.3, -0.25) is 9.59 Å². The van der Waals surface area contributed by atoms with E-state index in [4.69, 9.17) is 17.3 Å². The van der Waals surface area contributed by atoms with Crippen LogP contribution in [-0.2, 0) is 13.0 Å². The van der Waals surface area contributed by atoms with Crippen molar-refractivity contribution in [2.45, 2.75) is 50.2 Å². The summed E-state index contributed by atoms with van der Waals surface area (Å²) in [5, 5.41) is 1.96. The van der Waals surface area contributed by atoms with Gasteiger partial charge in [-0.15, -0.1) is 11.3 Å². The predicted octanol–water partition coefficient (Wildman–Crippen LogP) is 3.86. The van der Waals surface area contributed by atoms with Crippen LogP contribution in [0.4, 0.5) is 0 Å². The predicted molar refractivity (Wildman–Crippen MR) is 131 cm³/mol. The third kappa shape index (κ3) is 3.99. The second kappa shape index (κ2) is 8.51. The number of ketones is 1. The average Bonchev–Trinajstić information content (AvgIpc) is 3.41. The van der Waals surface area contributed by atoms with Crippen LogP contribution >= 0.6 is 22.9 Å². The second-order valence-corrected chi connectivity index (χ2v) is 10.9. The lowest BCUT2D eigenvalue weighted by atomic mass is 9.73. The first-order valence-electron chi connectivity index (χ1n) is 11.3. The molecule has 1 amide bonds. The van der Waals surface area contributed by atoms with Gasteiger partial charge < -0.3 is 20.5 Å². The molecule has 1 saturated carbocycles. The first kappa shape index (κ1) is 22.5. The van der Waals surface area contributed by atoms with E-state index in [1.165, 1.54) is 11.3 Å². The molecule has 33 heavy (non-hydrogen) atoms. The number of fused-ring (bicyclic) bond motifs is 2. The molecule has 0 spiro atoms. The molecule has 7 nitrogen and oxygen atoms in total.